The molecule has 0 unspecified atom stereocenters. The molecule has 1 aliphatic rings. The van der Waals surface area contributed by atoms with Crippen molar-refractivity contribution in [3.63, 3.8) is 0 Å². The average Bonchev–Trinajstić information content (AvgIpc) is 2.62. The van der Waals surface area contributed by atoms with Gasteiger partial charge in [0.1, 0.15) is 5.82 Å². The smallest absolute Gasteiger partial charge is 0.246 e. The zero-order chi connectivity index (χ0) is 17.8. The van der Waals surface area contributed by atoms with Crippen molar-refractivity contribution in [3.8, 4) is 0 Å². The third-order valence-electron chi connectivity index (χ3n) is 4.32. The fraction of sp³-hybridized carbons (Fsp3) is 0.250. The van der Waals surface area contributed by atoms with Crippen LogP contribution in [-0.4, -0.2) is 37.0 Å². The van der Waals surface area contributed by atoms with Crippen LogP contribution >= 0.6 is 15.9 Å². The van der Waals surface area contributed by atoms with E-state index in [0.717, 1.165) is 17.6 Å². The van der Waals surface area contributed by atoms with E-state index in [9.17, 15) is 9.18 Å². The molecule has 1 heterocycles. The Morgan fingerprint density at radius 2 is 1.88 bits per heavy atom. The van der Waals surface area contributed by atoms with E-state index in [2.05, 4.69) is 52.0 Å². The van der Waals surface area contributed by atoms with Crippen LogP contribution in [0.4, 0.5) is 10.1 Å². The Morgan fingerprint density at radius 3 is 2.60 bits per heavy atom. The molecular formula is C20H20BrFN2O. The standard InChI is InChI=1S/C20H20BrFN2O/c1-15-3-2-4-18(13-15)23-9-11-24(12-10-23)20(25)8-5-16-14-17(21)6-7-19(16)22/h2-8,13-14H,9-12H2,1H3/b8-5+. The molecule has 130 valence electrons. The third kappa shape index (κ3) is 4.48. The molecule has 1 amide bonds. The zero-order valence-electron chi connectivity index (χ0n) is 14.1. The minimum absolute atomic E-state index is 0.0803. The molecule has 5 heteroatoms. The van der Waals surface area contributed by atoms with Gasteiger partial charge in [0.15, 0.2) is 0 Å². The van der Waals surface area contributed by atoms with Gasteiger partial charge in [-0.05, 0) is 48.9 Å². The summed E-state index contributed by atoms with van der Waals surface area (Å²) in [4.78, 5) is 16.4. The number of benzene rings is 2. The summed E-state index contributed by atoms with van der Waals surface area (Å²) in [5, 5.41) is 0. The van der Waals surface area contributed by atoms with Gasteiger partial charge in [0.05, 0.1) is 0 Å². The van der Waals surface area contributed by atoms with Gasteiger partial charge in [0, 0.05) is 48.0 Å². The number of hydrogen-bond donors (Lipinski definition) is 0. The molecule has 2 aromatic rings. The van der Waals surface area contributed by atoms with E-state index in [0.29, 0.717) is 18.7 Å². The van der Waals surface area contributed by atoms with Gasteiger partial charge < -0.3 is 9.80 Å². The van der Waals surface area contributed by atoms with E-state index in [1.807, 2.05) is 0 Å². The van der Waals surface area contributed by atoms with Crippen LogP contribution in [0, 0.1) is 12.7 Å². The number of halogens is 2. The molecule has 1 aliphatic heterocycles. The van der Waals surface area contributed by atoms with Crippen LogP contribution in [0.1, 0.15) is 11.1 Å². The molecule has 0 aliphatic carbocycles. The maximum Gasteiger partial charge on any atom is 0.246 e. The average molecular weight is 403 g/mol. The van der Waals surface area contributed by atoms with Gasteiger partial charge in [-0.25, -0.2) is 4.39 Å². The first kappa shape index (κ1) is 17.7. The SMILES string of the molecule is Cc1cccc(N2CCN(C(=O)/C=C/c3cc(Br)ccc3F)CC2)c1. The topological polar surface area (TPSA) is 23.6 Å². The molecule has 0 N–H and O–H groups in total. The van der Waals surface area contributed by atoms with Crippen molar-refractivity contribution in [1.82, 2.24) is 4.90 Å². The minimum atomic E-state index is -0.337. The summed E-state index contributed by atoms with van der Waals surface area (Å²) in [6.07, 6.45) is 2.99. The van der Waals surface area contributed by atoms with Crippen LogP contribution in [0.2, 0.25) is 0 Å². The van der Waals surface area contributed by atoms with E-state index >= 15 is 0 Å². The Labute approximate surface area is 155 Å². The fourth-order valence-electron chi connectivity index (χ4n) is 2.92. The van der Waals surface area contributed by atoms with Gasteiger partial charge in [-0.2, -0.15) is 0 Å². The molecule has 1 fully saturated rings. The molecule has 3 rings (SSSR count). The number of anilines is 1. The molecule has 2 aromatic carbocycles. The second-order valence-electron chi connectivity index (χ2n) is 6.15. The maximum absolute atomic E-state index is 13.7. The Kier molecular flexibility index (Phi) is 5.53. The van der Waals surface area contributed by atoms with Crippen molar-refractivity contribution in [2.24, 2.45) is 0 Å². The van der Waals surface area contributed by atoms with Gasteiger partial charge in [-0.1, -0.05) is 28.1 Å². The van der Waals surface area contributed by atoms with Gasteiger partial charge in [-0.3, -0.25) is 4.79 Å². The van der Waals surface area contributed by atoms with Crippen molar-refractivity contribution in [3.05, 3.63) is 70.0 Å². The van der Waals surface area contributed by atoms with Crippen molar-refractivity contribution < 1.29 is 9.18 Å². The maximum atomic E-state index is 13.7. The first-order valence-electron chi connectivity index (χ1n) is 8.26. The molecule has 0 radical (unpaired) electrons. The third-order valence-corrected chi connectivity index (χ3v) is 4.81. The van der Waals surface area contributed by atoms with Crippen molar-refractivity contribution in [1.29, 1.82) is 0 Å². The van der Waals surface area contributed by atoms with Gasteiger partial charge in [0.25, 0.3) is 0 Å². The van der Waals surface area contributed by atoms with Crippen LogP contribution in [0.25, 0.3) is 6.08 Å². The number of rotatable bonds is 3. The Bertz CT molecular complexity index is 798. The number of aryl methyl sites for hydroxylation is 1. The predicted molar refractivity (Wildman–Crippen MR) is 103 cm³/mol. The van der Waals surface area contributed by atoms with Gasteiger partial charge in [-0.15, -0.1) is 0 Å². The zero-order valence-corrected chi connectivity index (χ0v) is 15.7. The van der Waals surface area contributed by atoms with Crippen molar-refractivity contribution in [2.75, 3.05) is 31.1 Å². The number of nitrogens with zero attached hydrogens (tertiary/aromatic N) is 2. The molecule has 3 nitrogen and oxygen atoms in total. The van der Waals surface area contributed by atoms with Gasteiger partial charge in [0.2, 0.25) is 5.91 Å². The monoisotopic (exact) mass is 402 g/mol. The predicted octanol–water partition coefficient (Wildman–Crippen LogP) is 4.26. The van der Waals surface area contributed by atoms with Crippen LogP contribution in [0.15, 0.2) is 53.0 Å². The molecule has 0 spiro atoms. The fourth-order valence-corrected chi connectivity index (χ4v) is 3.30. The van der Waals surface area contributed by atoms with E-state index in [1.165, 1.54) is 29.5 Å². The number of amides is 1. The molecule has 0 saturated carbocycles. The van der Waals surface area contributed by atoms with E-state index in [1.54, 1.807) is 17.0 Å². The lowest BCUT2D eigenvalue weighted by Gasteiger charge is -2.35. The number of carbonyl (C=O) groups is 1. The molecule has 0 aromatic heterocycles. The molecular weight excluding hydrogens is 383 g/mol. The molecule has 25 heavy (non-hydrogen) atoms. The van der Waals surface area contributed by atoms with Gasteiger partial charge >= 0.3 is 0 Å². The first-order chi connectivity index (χ1) is 12.0. The second-order valence-corrected chi connectivity index (χ2v) is 7.07. The van der Waals surface area contributed by atoms with E-state index in [4.69, 9.17) is 0 Å². The number of hydrogen-bond acceptors (Lipinski definition) is 2. The highest BCUT2D eigenvalue weighted by Gasteiger charge is 2.19. The largest absolute Gasteiger partial charge is 0.368 e. The highest BCUT2D eigenvalue weighted by atomic mass is 79.9. The van der Waals surface area contributed by atoms with E-state index in [-0.39, 0.29) is 11.7 Å². The Balaban J connectivity index is 1.60. The first-order valence-corrected chi connectivity index (χ1v) is 9.06. The Morgan fingerprint density at radius 1 is 1.12 bits per heavy atom. The summed E-state index contributed by atoms with van der Waals surface area (Å²) in [5.74, 6) is -0.417. The highest BCUT2D eigenvalue weighted by molar-refractivity contribution is 9.10. The molecule has 0 atom stereocenters. The lowest BCUT2D eigenvalue weighted by Crippen LogP contribution is -2.48. The minimum Gasteiger partial charge on any atom is -0.368 e. The normalized spacial score (nSPS) is 15.0. The lowest BCUT2D eigenvalue weighted by atomic mass is 10.2. The summed E-state index contributed by atoms with van der Waals surface area (Å²) < 4.78 is 14.5. The van der Waals surface area contributed by atoms with Crippen LogP contribution in [0.3, 0.4) is 0 Å². The van der Waals surface area contributed by atoms with Crippen molar-refractivity contribution >= 4 is 33.6 Å². The number of piperazine rings is 1. The lowest BCUT2D eigenvalue weighted by molar-refractivity contribution is -0.126. The summed E-state index contributed by atoms with van der Waals surface area (Å²) in [6, 6.07) is 13.1. The second kappa shape index (κ2) is 7.83. The van der Waals surface area contributed by atoms with Crippen LogP contribution in [0.5, 0.6) is 0 Å². The summed E-state index contributed by atoms with van der Waals surface area (Å²) in [5.41, 5.74) is 2.83. The quantitative estimate of drug-likeness (QED) is 0.716. The molecule has 0 bridgehead atoms. The summed E-state index contributed by atoms with van der Waals surface area (Å²) in [7, 11) is 0. The van der Waals surface area contributed by atoms with E-state index < -0.39 is 0 Å². The molecule has 1 saturated heterocycles. The summed E-state index contributed by atoms with van der Waals surface area (Å²) in [6.45, 7) is 5.01. The summed E-state index contributed by atoms with van der Waals surface area (Å²) >= 11 is 3.31. The van der Waals surface area contributed by atoms with Crippen LogP contribution in [-0.2, 0) is 4.79 Å². The van der Waals surface area contributed by atoms with Crippen LogP contribution < -0.4 is 4.90 Å². The highest BCUT2D eigenvalue weighted by Crippen LogP contribution is 2.19. The number of carbonyl (C=O) groups excluding carboxylic acids is 1. The Hall–Kier alpha value is -2.14. The van der Waals surface area contributed by atoms with Crippen molar-refractivity contribution in [2.45, 2.75) is 6.92 Å².